The molecule has 0 N–H and O–H groups in total. The molecule has 0 aliphatic rings. The number of benzene rings is 1. The maximum absolute atomic E-state index is 12.5. The Kier molecular flexibility index (Phi) is 6.27. The van der Waals surface area contributed by atoms with Crippen molar-refractivity contribution in [3.63, 3.8) is 0 Å². The second-order valence-corrected chi connectivity index (χ2v) is 7.74. The van der Waals surface area contributed by atoms with Crippen LogP contribution >= 0.6 is 0 Å². The van der Waals surface area contributed by atoms with Crippen molar-refractivity contribution in [2.45, 2.75) is 23.5 Å². The number of halogens is 2. The molecule has 0 saturated carbocycles. The summed E-state index contributed by atoms with van der Waals surface area (Å²) < 4.78 is 57.9. The fourth-order valence-electron chi connectivity index (χ4n) is 2.32. The fourth-order valence-corrected chi connectivity index (χ4v) is 3.05. The van der Waals surface area contributed by atoms with E-state index in [-0.39, 0.29) is 12.2 Å². The van der Waals surface area contributed by atoms with Gasteiger partial charge in [-0.25, -0.2) is 13.2 Å². The van der Waals surface area contributed by atoms with E-state index in [0.29, 0.717) is 30.1 Å². The molecule has 0 fully saturated rings. The van der Waals surface area contributed by atoms with Gasteiger partial charge in [-0.05, 0) is 42.8 Å². The van der Waals surface area contributed by atoms with Gasteiger partial charge in [0.15, 0.2) is 0 Å². The molecule has 0 spiro atoms. The number of sulfone groups is 1. The standard InChI is InChI=1S/C18H15F2N3O5S/c19-18(20)29(25,26)14-7-5-12(6-8-14)17(24)27-10-2-4-15-22-16(23-28-15)13-3-1-9-21-11-13/h1,3,5-9,11,18H,2,4,10H2. The van der Waals surface area contributed by atoms with Crippen molar-refractivity contribution in [2.75, 3.05) is 6.61 Å². The number of pyridine rings is 1. The minimum atomic E-state index is -4.70. The van der Waals surface area contributed by atoms with E-state index in [9.17, 15) is 22.0 Å². The largest absolute Gasteiger partial charge is 0.462 e. The number of ether oxygens (including phenoxy) is 1. The normalized spacial score (nSPS) is 11.6. The van der Waals surface area contributed by atoms with Crippen molar-refractivity contribution >= 4 is 15.8 Å². The summed E-state index contributed by atoms with van der Waals surface area (Å²) >= 11 is 0. The van der Waals surface area contributed by atoms with Gasteiger partial charge in [0.2, 0.25) is 21.6 Å². The van der Waals surface area contributed by atoms with Gasteiger partial charge in [0, 0.05) is 24.4 Å². The Morgan fingerprint density at radius 3 is 2.59 bits per heavy atom. The lowest BCUT2D eigenvalue weighted by atomic mass is 10.2. The van der Waals surface area contributed by atoms with E-state index < -0.39 is 26.5 Å². The summed E-state index contributed by atoms with van der Waals surface area (Å²) in [4.78, 5) is 19.6. The molecule has 0 amide bonds. The quantitative estimate of drug-likeness (QED) is 0.402. The molecule has 0 saturated heterocycles. The van der Waals surface area contributed by atoms with Gasteiger partial charge >= 0.3 is 11.7 Å². The molecule has 0 unspecified atom stereocenters. The second-order valence-electron chi connectivity index (χ2n) is 5.82. The predicted octanol–water partition coefficient (Wildman–Crippen LogP) is 2.92. The number of aryl methyl sites for hydroxylation is 1. The molecule has 3 aromatic rings. The van der Waals surface area contributed by atoms with Crippen molar-refractivity contribution < 1.29 is 31.3 Å². The SMILES string of the molecule is O=C(OCCCc1nc(-c2cccnc2)no1)c1ccc(S(=O)(=O)C(F)F)cc1. The Hall–Kier alpha value is -3.21. The number of aromatic nitrogens is 3. The average Bonchev–Trinajstić information content (AvgIpc) is 3.20. The third kappa shape index (κ3) is 4.99. The first kappa shape index (κ1) is 20.5. The summed E-state index contributed by atoms with van der Waals surface area (Å²) in [5, 5.41) is 3.85. The highest BCUT2D eigenvalue weighted by atomic mass is 32.2. The summed E-state index contributed by atoms with van der Waals surface area (Å²) in [6, 6.07) is 7.67. The van der Waals surface area contributed by atoms with E-state index in [1.165, 1.54) is 0 Å². The molecule has 11 heteroatoms. The molecular weight excluding hydrogens is 408 g/mol. The van der Waals surface area contributed by atoms with Crippen molar-refractivity contribution in [3.8, 4) is 11.4 Å². The van der Waals surface area contributed by atoms with Crippen LogP contribution in [-0.4, -0.2) is 41.9 Å². The number of hydrogen-bond acceptors (Lipinski definition) is 8. The van der Waals surface area contributed by atoms with Gasteiger partial charge in [0.1, 0.15) is 0 Å². The molecule has 0 radical (unpaired) electrons. The van der Waals surface area contributed by atoms with E-state index in [2.05, 4.69) is 15.1 Å². The number of carbonyl (C=O) groups excluding carboxylic acids is 1. The van der Waals surface area contributed by atoms with Crippen molar-refractivity contribution in [1.29, 1.82) is 0 Å². The topological polar surface area (TPSA) is 112 Å². The maximum atomic E-state index is 12.5. The van der Waals surface area contributed by atoms with Crippen LogP contribution in [0, 0.1) is 0 Å². The lowest BCUT2D eigenvalue weighted by molar-refractivity contribution is 0.0498. The van der Waals surface area contributed by atoms with Crippen LogP contribution in [0.5, 0.6) is 0 Å². The molecule has 1 aromatic carbocycles. The first-order valence-electron chi connectivity index (χ1n) is 8.40. The third-order valence-corrected chi connectivity index (χ3v) is 5.21. The monoisotopic (exact) mass is 423 g/mol. The van der Waals surface area contributed by atoms with Crippen molar-refractivity contribution in [2.24, 2.45) is 0 Å². The molecule has 2 aromatic heterocycles. The van der Waals surface area contributed by atoms with Gasteiger partial charge in [0.25, 0.3) is 0 Å². The maximum Gasteiger partial charge on any atom is 0.341 e. The van der Waals surface area contributed by atoms with Crippen LogP contribution in [0.2, 0.25) is 0 Å². The highest BCUT2D eigenvalue weighted by molar-refractivity contribution is 7.91. The van der Waals surface area contributed by atoms with Crippen LogP contribution in [0.4, 0.5) is 8.78 Å². The van der Waals surface area contributed by atoms with Crippen LogP contribution in [0.15, 0.2) is 58.2 Å². The summed E-state index contributed by atoms with van der Waals surface area (Å²) in [5.74, 6) is -3.44. The number of nitrogens with zero attached hydrogens (tertiary/aromatic N) is 3. The molecule has 29 heavy (non-hydrogen) atoms. The predicted molar refractivity (Wildman–Crippen MR) is 95.8 cm³/mol. The van der Waals surface area contributed by atoms with Gasteiger partial charge in [0.05, 0.1) is 17.1 Å². The van der Waals surface area contributed by atoms with Gasteiger partial charge < -0.3 is 9.26 Å². The molecular formula is C18H15F2N3O5S. The second kappa shape index (κ2) is 8.86. The van der Waals surface area contributed by atoms with E-state index in [4.69, 9.17) is 9.26 Å². The number of hydrogen-bond donors (Lipinski definition) is 0. The Morgan fingerprint density at radius 2 is 1.93 bits per heavy atom. The Balaban J connectivity index is 1.49. The summed E-state index contributed by atoms with van der Waals surface area (Å²) in [6.45, 7) is 0.0561. The molecule has 0 aliphatic heterocycles. The van der Waals surface area contributed by atoms with E-state index in [1.54, 1.807) is 24.5 Å². The first-order valence-corrected chi connectivity index (χ1v) is 9.95. The fraction of sp³-hybridized carbons (Fsp3) is 0.222. The van der Waals surface area contributed by atoms with Crippen LogP contribution in [-0.2, 0) is 21.0 Å². The first-order chi connectivity index (χ1) is 13.9. The van der Waals surface area contributed by atoms with E-state index in [1.807, 2.05) is 0 Å². The molecule has 0 aliphatic carbocycles. The summed E-state index contributed by atoms with van der Waals surface area (Å²) in [7, 11) is -4.70. The molecule has 8 nitrogen and oxygen atoms in total. The Labute approximate surface area is 164 Å². The molecule has 3 rings (SSSR count). The van der Waals surface area contributed by atoms with E-state index in [0.717, 1.165) is 24.3 Å². The van der Waals surface area contributed by atoms with Crippen molar-refractivity contribution in [3.05, 3.63) is 60.2 Å². The summed E-state index contributed by atoms with van der Waals surface area (Å²) in [5.41, 5.74) is 0.765. The van der Waals surface area contributed by atoms with Crippen LogP contribution in [0.1, 0.15) is 22.7 Å². The Bertz CT molecular complexity index is 1070. The Morgan fingerprint density at radius 1 is 1.17 bits per heavy atom. The van der Waals surface area contributed by atoms with Gasteiger partial charge in [-0.3, -0.25) is 4.98 Å². The van der Waals surface area contributed by atoms with Crippen LogP contribution < -0.4 is 0 Å². The number of carbonyl (C=O) groups is 1. The van der Waals surface area contributed by atoms with Crippen LogP contribution in [0.25, 0.3) is 11.4 Å². The lowest BCUT2D eigenvalue weighted by Crippen LogP contribution is -2.12. The highest BCUT2D eigenvalue weighted by Gasteiger charge is 2.26. The number of alkyl halides is 2. The minimum Gasteiger partial charge on any atom is -0.462 e. The third-order valence-electron chi connectivity index (χ3n) is 3.81. The average molecular weight is 423 g/mol. The van der Waals surface area contributed by atoms with Gasteiger partial charge in [-0.2, -0.15) is 13.8 Å². The number of esters is 1. The molecule has 2 heterocycles. The van der Waals surface area contributed by atoms with E-state index >= 15 is 0 Å². The molecule has 152 valence electrons. The zero-order chi connectivity index (χ0) is 20.9. The molecule has 0 atom stereocenters. The zero-order valence-corrected chi connectivity index (χ0v) is 15.7. The molecule has 0 bridgehead atoms. The van der Waals surface area contributed by atoms with Gasteiger partial charge in [-0.1, -0.05) is 5.16 Å². The summed E-state index contributed by atoms with van der Waals surface area (Å²) in [6.07, 6.45) is 4.03. The van der Waals surface area contributed by atoms with Crippen molar-refractivity contribution in [1.82, 2.24) is 15.1 Å². The minimum absolute atomic E-state index is 0.0508. The number of rotatable bonds is 8. The van der Waals surface area contributed by atoms with Gasteiger partial charge in [-0.15, -0.1) is 0 Å². The van der Waals surface area contributed by atoms with Crippen LogP contribution in [0.3, 0.4) is 0 Å². The lowest BCUT2D eigenvalue weighted by Gasteiger charge is -2.06. The smallest absolute Gasteiger partial charge is 0.341 e. The zero-order valence-electron chi connectivity index (χ0n) is 14.9. The highest BCUT2D eigenvalue weighted by Crippen LogP contribution is 2.19.